The van der Waals surface area contributed by atoms with Crippen LogP contribution in [0.1, 0.15) is 20.7 Å². The fraction of sp³-hybridized carbons (Fsp3) is 0.133. The fourth-order valence-electron chi connectivity index (χ4n) is 1.78. The van der Waals surface area contributed by atoms with E-state index in [1.54, 1.807) is 0 Å². The summed E-state index contributed by atoms with van der Waals surface area (Å²) in [5.41, 5.74) is 0.746. The van der Waals surface area contributed by atoms with Crippen LogP contribution in [-0.2, 0) is 14.8 Å². The zero-order chi connectivity index (χ0) is 17.7. The van der Waals surface area contributed by atoms with Crippen molar-refractivity contribution in [3.63, 3.8) is 0 Å². The van der Waals surface area contributed by atoms with E-state index in [-0.39, 0.29) is 11.1 Å². The molecule has 0 spiro atoms. The number of carbonyl (C=O) groups excluding carboxylic acids is 2. The number of hydrogen-bond donors (Lipinski definition) is 1. The second-order valence-electron chi connectivity index (χ2n) is 4.90. The Morgan fingerprint density at radius 1 is 1.08 bits per heavy atom. The van der Waals surface area contributed by atoms with Crippen LogP contribution < -0.4 is 9.45 Å². The number of hydrogen-bond acceptors (Lipinski definition) is 6. The SMILES string of the molecule is CS(=O)(=O)Nc1ccc(C(=O)COC(=O)c2cc[n+]([O-])cc2)cc1. The molecule has 2 aromatic rings. The lowest BCUT2D eigenvalue weighted by molar-refractivity contribution is -0.605. The molecule has 0 aliphatic rings. The van der Waals surface area contributed by atoms with E-state index in [1.807, 2.05) is 0 Å². The van der Waals surface area contributed by atoms with E-state index >= 15 is 0 Å². The molecule has 0 radical (unpaired) electrons. The molecule has 1 N–H and O–H groups in total. The number of Topliss-reactive ketones (excluding diaryl/α,β-unsaturated/α-hetero) is 1. The number of anilines is 1. The number of benzene rings is 1. The van der Waals surface area contributed by atoms with Gasteiger partial charge in [0, 0.05) is 23.4 Å². The Balaban J connectivity index is 1.95. The number of aromatic nitrogens is 1. The molecule has 0 bridgehead atoms. The van der Waals surface area contributed by atoms with Crippen LogP contribution in [-0.4, -0.2) is 33.0 Å². The van der Waals surface area contributed by atoms with Crippen molar-refractivity contribution in [3.8, 4) is 0 Å². The van der Waals surface area contributed by atoms with Crippen LogP contribution in [0.25, 0.3) is 0 Å². The summed E-state index contributed by atoms with van der Waals surface area (Å²) in [6.07, 6.45) is 3.31. The lowest BCUT2D eigenvalue weighted by Crippen LogP contribution is -2.24. The first kappa shape index (κ1) is 17.4. The molecule has 0 aliphatic carbocycles. The van der Waals surface area contributed by atoms with Crippen molar-refractivity contribution >= 4 is 27.5 Å². The quantitative estimate of drug-likeness (QED) is 0.355. The molecule has 0 fully saturated rings. The van der Waals surface area contributed by atoms with Crippen molar-refractivity contribution in [1.82, 2.24) is 0 Å². The van der Waals surface area contributed by atoms with Crippen LogP contribution in [0, 0.1) is 5.21 Å². The van der Waals surface area contributed by atoms with Gasteiger partial charge < -0.3 is 9.94 Å². The predicted octanol–water partition coefficient (Wildman–Crippen LogP) is 0.731. The Morgan fingerprint density at radius 2 is 1.67 bits per heavy atom. The topological polar surface area (TPSA) is 116 Å². The molecule has 0 aliphatic heterocycles. The maximum absolute atomic E-state index is 12.0. The van der Waals surface area contributed by atoms with Gasteiger partial charge in [-0.15, -0.1) is 0 Å². The van der Waals surface area contributed by atoms with Crippen LogP contribution >= 0.6 is 0 Å². The van der Waals surface area contributed by atoms with Gasteiger partial charge in [-0.3, -0.25) is 9.52 Å². The summed E-state index contributed by atoms with van der Waals surface area (Å²) in [4.78, 5) is 23.7. The van der Waals surface area contributed by atoms with Crippen LogP contribution in [0.3, 0.4) is 0 Å². The van der Waals surface area contributed by atoms with E-state index < -0.39 is 28.4 Å². The van der Waals surface area contributed by atoms with Crippen molar-refractivity contribution in [2.24, 2.45) is 0 Å². The maximum atomic E-state index is 12.0. The van der Waals surface area contributed by atoms with Gasteiger partial charge in [-0.1, -0.05) is 0 Å². The molecular weight excluding hydrogens is 336 g/mol. The Bertz CT molecular complexity index is 845. The molecule has 1 aromatic heterocycles. The van der Waals surface area contributed by atoms with Crippen LogP contribution in [0.2, 0.25) is 0 Å². The van der Waals surface area contributed by atoms with Crippen molar-refractivity contribution in [2.45, 2.75) is 0 Å². The third-order valence-corrected chi connectivity index (χ3v) is 3.49. The molecule has 9 heteroatoms. The van der Waals surface area contributed by atoms with E-state index in [4.69, 9.17) is 4.74 Å². The second-order valence-corrected chi connectivity index (χ2v) is 6.65. The maximum Gasteiger partial charge on any atom is 0.339 e. The zero-order valence-electron chi connectivity index (χ0n) is 12.6. The summed E-state index contributed by atoms with van der Waals surface area (Å²) >= 11 is 0. The molecule has 24 heavy (non-hydrogen) atoms. The predicted molar refractivity (Wildman–Crippen MR) is 84.9 cm³/mol. The highest BCUT2D eigenvalue weighted by molar-refractivity contribution is 7.92. The van der Waals surface area contributed by atoms with Crippen molar-refractivity contribution in [2.75, 3.05) is 17.6 Å². The van der Waals surface area contributed by atoms with Crippen LogP contribution in [0.15, 0.2) is 48.8 Å². The van der Waals surface area contributed by atoms with Gasteiger partial charge in [-0.25, -0.2) is 13.2 Å². The van der Waals surface area contributed by atoms with Gasteiger partial charge in [-0.2, -0.15) is 4.73 Å². The largest absolute Gasteiger partial charge is 0.619 e. The van der Waals surface area contributed by atoms with Gasteiger partial charge >= 0.3 is 5.97 Å². The average Bonchev–Trinajstić information content (AvgIpc) is 2.52. The van der Waals surface area contributed by atoms with Gasteiger partial charge in [0.1, 0.15) is 0 Å². The molecule has 0 atom stereocenters. The highest BCUT2D eigenvalue weighted by atomic mass is 32.2. The minimum atomic E-state index is -3.39. The number of ketones is 1. The van der Waals surface area contributed by atoms with Gasteiger partial charge in [0.05, 0.1) is 11.8 Å². The van der Waals surface area contributed by atoms with Crippen LogP contribution in [0.5, 0.6) is 0 Å². The molecule has 0 amide bonds. The van der Waals surface area contributed by atoms with Crippen molar-refractivity contribution in [1.29, 1.82) is 0 Å². The third kappa shape index (κ3) is 5.06. The molecule has 1 aromatic carbocycles. The normalized spacial score (nSPS) is 10.9. The van der Waals surface area contributed by atoms with E-state index in [2.05, 4.69) is 4.72 Å². The van der Waals surface area contributed by atoms with Crippen molar-refractivity contribution in [3.05, 3.63) is 65.1 Å². The molecule has 0 saturated heterocycles. The lowest BCUT2D eigenvalue weighted by atomic mass is 10.1. The number of carbonyl (C=O) groups is 2. The minimum absolute atomic E-state index is 0.155. The molecule has 8 nitrogen and oxygen atoms in total. The van der Waals surface area contributed by atoms with E-state index in [0.717, 1.165) is 18.6 Å². The zero-order valence-corrected chi connectivity index (χ0v) is 13.4. The summed E-state index contributed by atoms with van der Waals surface area (Å²) in [5, 5.41) is 10.9. The molecule has 126 valence electrons. The Kier molecular flexibility index (Phi) is 5.14. The monoisotopic (exact) mass is 350 g/mol. The van der Waals surface area contributed by atoms with Gasteiger partial charge in [0.15, 0.2) is 24.8 Å². The highest BCUT2D eigenvalue weighted by Gasteiger charge is 2.13. The number of esters is 1. The third-order valence-electron chi connectivity index (χ3n) is 2.88. The molecule has 1 heterocycles. The number of nitrogens with one attached hydrogen (secondary N) is 1. The number of rotatable bonds is 6. The minimum Gasteiger partial charge on any atom is -0.619 e. The van der Waals surface area contributed by atoms with E-state index in [0.29, 0.717) is 10.4 Å². The van der Waals surface area contributed by atoms with E-state index in [1.165, 1.54) is 36.4 Å². The molecule has 0 saturated carbocycles. The number of pyridine rings is 1. The lowest BCUT2D eigenvalue weighted by Gasteiger charge is -2.06. The highest BCUT2D eigenvalue weighted by Crippen LogP contribution is 2.11. The van der Waals surface area contributed by atoms with E-state index in [9.17, 15) is 23.2 Å². The number of ether oxygens (including phenoxy) is 1. The smallest absolute Gasteiger partial charge is 0.339 e. The van der Waals surface area contributed by atoms with Crippen molar-refractivity contribution < 1.29 is 27.5 Å². The number of nitrogens with zero attached hydrogens (tertiary/aromatic N) is 1. The second kappa shape index (κ2) is 7.09. The number of sulfonamides is 1. The summed E-state index contributed by atoms with van der Waals surface area (Å²) in [7, 11) is -3.39. The first-order valence-electron chi connectivity index (χ1n) is 6.71. The van der Waals surface area contributed by atoms with Gasteiger partial charge in [-0.05, 0) is 24.3 Å². The summed E-state index contributed by atoms with van der Waals surface area (Å²) in [6.45, 7) is -0.468. The summed E-state index contributed by atoms with van der Waals surface area (Å²) in [5.74, 6) is -1.16. The average molecular weight is 350 g/mol. The Labute approximate surface area is 138 Å². The fourth-order valence-corrected chi connectivity index (χ4v) is 2.35. The summed E-state index contributed by atoms with van der Waals surface area (Å²) in [6, 6.07) is 8.27. The first-order chi connectivity index (χ1) is 11.2. The summed E-state index contributed by atoms with van der Waals surface area (Å²) < 4.78 is 29.9. The van der Waals surface area contributed by atoms with Crippen LogP contribution in [0.4, 0.5) is 5.69 Å². The standard InChI is InChI=1S/C15H14N2O6S/c1-24(21,22)16-13-4-2-11(3-5-13)14(18)10-23-15(19)12-6-8-17(20)9-7-12/h2-9,16H,10H2,1H3. The van der Waals surface area contributed by atoms with Gasteiger partial charge in [0.2, 0.25) is 10.0 Å². The first-order valence-corrected chi connectivity index (χ1v) is 8.61. The molecular formula is C15H14N2O6S. The Hall–Kier alpha value is -2.94. The Morgan fingerprint density at radius 3 is 2.21 bits per heavy atom. The molecule has 0 unspecified atom stereocenters. The molecule has 2 rings (SSSR count). The van der Waals surface area contributed by atoms with Gasteiger partial charge in [0.25, 0.3) is 0 Å².